The van der Waals surface area contributed by atoms with E-state index in [1.807, 2.05) is 31.2 Å². The molecule has 1 unspecified atom stereocenters. The van der Waals surface area contributed by atoms with Gasteiger partial charge in [-0.2, -0.15) is 0 Å². The van der Waals surface area contributed by atoms with Gasteiger partial charge in [0, 0.05) is 6.07 Å². The molecule has 1 aliphatic heterocycles. The first-order valence-corrected chi connectivity index (χ1v) is 9.44. The smallest absolute Gasteiger partial charge is 0.347 e. The van der Waals surface area contributed by atoms with Crippen molar-refractivity contribution in [3.05, 3.63) is 64.4 Å². The number of ketones is 1. The van der Waals surface area contributed by atoms with E-state index in [2.05, 4.69) is 6.92 Å². The van der Waals surface area contributed by atoms with Gasteiger partial charge in [-0.05, 0) is 56.0 Å². The molecule has 146 valence electrons. The first-order chi connectivity index (χ1) is 13.4. The van der Waals surface area contributed by atoms with E-state index in [4.69, 9.17) is 14.2 Å². The van der Waals surface area contributed by atoms with Crippen molar-refractivity contribution in [1.29, 1.82) is 0 Å². The Morgan fingerprint density at radius 2 is 1.89 bits per heavy atom. The van der Waals surface area contributed by atoms with Crippen LogP contribution < -0.4 is 9.47 Å². The lowest BCUT2D eigenvalue weighted by Gasteiger charge is -2.14. The number of benzene rings is 2. The number of carbonyl (C=O) groups excluding carboxylic acids is 2. The molecule has 0 radical (unpaired) electrons. The van der Waals surface area contributed by atoms with Crippen LogP contribution in [0.2, 0.25) is 0 Å². The molecule has 0 spiro atoms. The quantitative estimate of drug-likeness (QED) is 0.545. The lowest BCUT2D eigenvalue weighted by atomic mass is 10.0. The van der Waals surface area contributed by atoms with E-state index in [0.29, 0.717) is 23.7 Å². The van der Waals surface area contributed by atoms with Gasteiger partial charge in [-0.15, -0.1) is 0 Å². The van der Waals surface area contributed by atoms with Crippen molar-refractivity contribution in [1.82, 2.24) is 0 Å². The van der Waals surface area contributed by atoms with Crippen molar-refractivity contribution in [2.75, 3.05) is 6.61 Å². The second-order valence-corrected chi connectivity index (χ2v) is 6.66. The molecule has 0 fully saturated rings. The summed E-state index contributed by atoms with van der Waals surface area (Å²) in [4.78, 5) is 24.5. The summed E-state index contributed by atoms with van der Waals surface area (Å²) in [5.74, 6) is 0.578. The normalized spacial score (nSPS) is 15.1. The number of allylic oxidation sites excluding steroid dienone is 1. The van der Waals surface area contributed by atoms with E-state index in [-0.39, 0.29) is 11.5 Å². The van der Waals surface area contributed by atoms with Gasteiger partial charge in [-0.1, -0.05) is 31.2 Å². The van der Waals surface area contributed by atoms with Crippen molar-refractivity contribution in [2.24, 2.45) is 0 Å². The molecule has 2 aromatic rings. The predicted molar refractivity (Wildman–Crippen MR) is 107 cm³/mol. The van der Waals surface area contributed by atoms with Crippen molar-refractivity contribution >= 4 is 17.8 Å². The molecule has 0 saturated carbocycles. The summed E-state index contributed by atoms with van der Waals surface area (Å²) in [5, 5.41) is 0. The molecule has 0 N–H and O–H groups in total. The minimum absolute atomic E-state index is 0.156. The van der Waals surface area contributed by atoms with E-state index >= 15 is 0 Å². The molecule has 5 nitrogen and oxygen atoms in total. The van der Waals surface area contributed by atoms with Gasteiger partial charge in [0.2, 0.25) is 5.78 Å². The summed E-state index contributed by atoms with van der Waals surface area (Å²) in [6, 6.07) is 11.4. The van der Waals surface area contributed by atoms with Crippen LogP contribution in [0.1, 0.15) is 47.8 Å². The third kappa shape index (κ3) is 4.09. The molecular formula is C23H24O5. The Balaban J connectivity index is 1.83. The molecule has 0 amide bonds. The highest BCUT2D eigenvalue weighted by Gasteiger charge is 2.30. The Bertz CT molecular complexity index is 925. The minimum atomic E-state index is -0.749. The molecule has 5 heteroatoms. The summed E-state index contributed by atoms with van der Waals surface area (Å²) >= 11 is 0. The molecule has 1 aliphatic rings. The van der Waals surface area contributed by atoms with Crippen molar-refractivity contribution in [3.8, 4) is 11.5 Å². The highest BCUT2D eigenvalue weighted by molar-refractivity contribution is 6.15. The van der Waals surface area contributed by atoms with Crippen LogP contribution in [0.25, 0.3) is 6.08 Å². The molecule has 0 bridgehead atoms. The van der Waals surface area contributed by atoms with Gasteiger partial charge in [0.25, 0.3) is 0 Å². The summed E-state index contributed by atoms with van der Waals surface area (Å²) in [6.45, 7) is 7.58. The standard InChI is InChI=1S/C23H24O5/c1-5-16-7-9-17(10-8-16)12-20-22(24)21-14(3)11-18(13-19(21)28-20)27-15(4)23(25)26-6-2/h7-13,15H,5-6H2,1-4H3/b20-12-. The fraction of sp³-hybridized carbons (Fsp3) is 0.304. The van der Waals surface area contributed by atoms with Gasteiger partial charge in [-0.3, -0.25) is 4.79 Å². The summed E-state index contributed by atoms with van der Waals surface area (Å²) in [6.07, 6.45) is 1.95. The van der Waals surface area contributed by atoms with Crippen LogP contribution in [0.15, 0.2) is 42.2 Å². The van der Waals surface area contributed by atoms with Crippen LogP contribution in [-0.4, -0.2) is 24.5 Å². The SMILES string of the molecule is CCOC(=O)C(C)Oc1cc(C)c2c(c1)O/C(=C\c1ccc(CC)cc1)C2=O. The largest absolute Gasteiger partial charge is 0.479 e. The third-order valence-electron chi connectivity index (χ3n) is 4.56. The number of hydrogen-bond donors (Lipinski definition) is 0. The van der Waals surface area contributed by atoms with Gasteiger partial charge in [0.05, 0.1) is 12.2 Å². The first-order valence-electron chi connectivity index (χ1n) is 9.44. The number of rotatable bonds is 6. The zero-order valence-corrected chi connectivity index (χ0v) is 16.6. The number of carbonyl (C=O) groups is 2. The Labute approximate surface area is 164 Å². The average molecular weight is 380 g/mol. The summed E-state index contributed by atoms with van der Waals surface area (Å²) in [5.41, 5.74) is 3.39. The average Bonchev–Trinajstić information content (AvgIpc) is 2.98. The van der Waals surface area contributed by atoms with Crippen molar-refractivity contribution in [3.63, 3.8) is 0 Å². The Morgan fingerprint density at radius 3 is 2.54 bits per heavy atom. The van der Waals surface area contributed by atoms with Crippen LogP contribution in [0.5, 0.6) is 11.5 Å². The van der Waals surface area contributed by atoms with Crippen molar-refractivity contribution < 1.29 is 23.8 Å². The number of esters is 1. The van der Waals surface area contributed by atoms with Gasteiger partial charge in [0.15, 0.2) is 11.9 Å². The maximum atomic E-state index is 12.8. The highest BCUT2D eigenvalue weighted by Crippen LogP contribution is 2.37. The Hall–Kier alpha value is -3.08. The highest BCUT2D eigenvalue weighted by atomic mass is 16.6. The van der Waals surface area contributed by atoms with Crippen LogP contribution in [-0.2, 0) is 16.0 Å². The second-order valence-electron chi connectivity index (χ2n) is 6.66. The fourth-order valence-electron chi connectivity index (χ4n) is 3.06. The molecule has 0 saturated heterocycles. The van der Waals surface area contributed by atoms with Gasteiger partial charge >= 0.3 is 5.97 Å². The predicted octanol–water partition coefficient (Wildman–Crippen LogP) is 4.50. The van der Waals surface area contributed by atoms with E-state index < -0.39 is 12.1 Å². The van der Waals surface area contributed by atoms with Crippen molar-refractivity contribution in [2.45, 2.75) is 40.2 Å². The van der Waals surface area contributed by atoms with E-state index in [1.165, 1.54) is 5.56 Å². The van der Waals surface area contributed by atoms with E-state index in [9.17, 15) is 9.59 Å². The molecule has 1 heterocycles. The number of fused-ring (bicyclic) bond motifs is 1. The zero-order valence-electron chi connectivity index (χ0n) is 16.6. The Morgan fingerprint density at radius 1 is 1.18 bits per heavy atom. The fourth-order valence-corrected chi connectivity index (χ4v) is 3.06. The van der Waals surface area contributed by atoms with Crippen LogP contribution in [0.4, 0.5) is 0 Å². The molecule has 0 aliphatic carbocycles. The molecule has 3 rings (SSSR count). The molecular weight excluding hydrogens is 356 g/mol. The van der Waals surface area contributed by atoms with E-state index in [1.54, 1.807) is 32.1 Å². The van der Waals surface area contributed by atoms with E-state index in [0.717, 1.165) is 17.5 Å². The third-order valence-corrected chi connectivity index (χ3v) is 4.56. The second kappa shape index (κ2) is 8.30. The molecule has 28 heavy (non-hydrogen) atoms. The van der Waals surface area contributed by atoms with Crippen LogP contribution >= 0.6 is 0 Å². The first kappa shape index (κ1) is 19.7. The lowest BCUT2D eigenvalue weighted by Crippen LogP contribution is -2.26. The zero-order chi connectivity index (χ0) is 20.3. The number of hydrogen-bond acceptors (Lipinski definition) is 5. The number of Topliss-reactive ketones (excluding diaryl/α,β-unsaturated/α-hetero) is 1. The maximum Gasteiger partial charge on any atom is 0.347 e. The Kier molecular flexibility index (Phi) is 5.83. The summed E-state index contributed by atoms with van der Waals surface area (Å²) < 4.78 is 16.4. The number of aryl methyl sites for hydroxylation is 2. The molecule has 2 aromatic carbocycles. The monoisotopic (exact) mass is 380 g/mol. The number of ether oxygens (including phenoxy) is 3. The maximum absolute atomic E-state index is 12.8. The summed E-state index contributed by atoms with van der Waals surface area (Å²) in [7, 11) is 0. The molecule has 1 atom stereocenters. The molecule has 0 aromatic heterocycles. The lowest BCUT2D eigenvalue weighted by molar-refractivity contribution is -0.150. The minimum Gasteiger partial charge on any atom is -0.479 e. The topological polar surface area (TPSA) is 61.8 Å². The van der Waals surface area contributed by atoms with Gasteiger partial charge in [-0.25, -0.2) is 4.79 Å². The van der Waals surface area contributed by atoms with Gasteiger partial charge < -0.3 is 14.2 Å². The van der Waals surface area contributed by atoms with Gasteiger partial charge in [0.1, 0.15) is 11.5 Å². The van der Waals surface area contributed by atoms with Crippen LogP contribution in [0, 0.1) is 6.92 Å². The van der Waals surface area contributed by atoms with Crippen LogP contribution in [0.3, 0.4) is 0 Å².